The van der Waals surface area contributed by atoms with Crippen LogP contribution >= 0.6 is 0 Å². The summed E-state index contributed by atoms with van der Waals surface area (Å²) in [5.41, 5.74) is 9.02. The van der Waals surface area contributed by atoms with Crippen molar-refractivity contribution in [1.29, 1.82) is 0 Å². The van der Waals surface area contributed by atoms with E-state index >= 15 is 0 Å². The van der Waals surface area contributed by atoms with E-state index in [1.807, 2.05) is 32.2 Å². The number of nitrogen functional groups attached to an aromatic ring is 1. The van der Waals surface area contributed by atoms with Gasteiger partial charge in [-0.15, -0.1) is 0 Å². The number of esters is 1. The number of anilines is 1. The summed E-state index contributed by atoms with van der Waals surface area (Å²) in [6.45, 7) is 3.63. The van der Waals surface area contributed by atoms with Gasteiger partial charge < -0.3 is 15.2 Å². The maximum Gasteiger partial charge on any atom is 0.323 e. The van der Waals surface area contributed by atoms with Gasteiger partial charge in [0.15, 0.2) is 0 Å². The highest BCUT2D eigenvalue weighted by molar-refractivity contribution is 5.94. The van der Waals surface area contributed by atoms with E-state index < -0.39 is 0 Å². The molecule has 1 saturated carbocycles. The van der Waals surface area contributed by atoms with Gasteiger partial charge in [0, 0.05) is 34.3 Å². The number of likely N-dealkylation sites (tertiary alicyclic amines) is 1. The summed E-state index contributed by atoms with van der Waals surface area (Å²) in [5.74, 6) is 1.29. The molecule has 1 aromatic carbocycles. The highest BCUT2D eigenvalue weighted by Gasteiger charge is 2.46. The molecule has 5 rings (SSSR count). The van der Waals surface area contributed by atoms with E-state index in [0.29, 0.717) is 30.5 Å². The molecular formula is C26H31N5O3. The quantitative estimate of drug-likeness (QED) is 0.531. The summed E-state index contributed by atoms with van der Waals surface area (Å²) < 4.78 is 12.3. The van der Waals surface area contributed by atoms with E-state index in [9.17, 15) is 4.79 Å². The van der Waals surface area contributed by atoms with Crippen LogP contribution in [-0.4, -0.2) is 58.7 Å². The van der Waals surface area contributed by atoms with Crippen LogP contribution in [0.4, 0.5) is 5.69 Å². The van der Waals surface area contributed by atoms with Gasteiger partial charge in [0.25, 0.3) is 0 Å². The zero-order chi connectivity index (χ0) is 23.7. The lowest BCUT2D eigenvalue weighted by Crippen LogP contribution is -2.43. The van der Waals surface area contributed by atoms with Crippen molar-refractivity contribution in [3.63, 3.8) is 0 Å². The van der Waals surface area contributed by atoms with E-state index in [0.717, 1.165) is 60.7 Å². The minimum Gasteiger partial charge on any atom is -0.492 e. The number of nitrogens with two attached hydrogens (primary N) is 1. The molecule has 34 heavy (non-hydrogen) atoms. The van der Waals surface area contributed by atoms with Gasteiger partial charge in [-0.05, 0) is 64.4 Å². The normalized spacial score (nSPS) is 19.6. The first-order chi connectivity index (χ1) is 16.4. The molecule has 178 valence electrons. The molecule has 2 aromatic heterocycles. The summed E-state index contributed by atoms with van der Waals surface area (Å²) in [6.07, 6.45) is 10.2. The molecule has 0 radical (unpaired) electrons. The largest absolute Gasteiger partial charge is 0.492 e. The van der Waals surface area contributed by atoms with Crippen LogP contribution in [0.1, 0.15) is 37.9 Å². The predicted molar refractivity (Wildman–Crippen MR) is 130 cm³/mol. The van der Waals surface area contributed by atoms with Crippen molar-refractivity contribution in [3.05, 3.63) is 42.6 Å². The summed E-state index contributed by atoms with van der Waals surface area (Å²) in [5, 5.41) is 0.842. The highest BCUT2D eigenvalue weighted by Crippen LogP contribution is 2.47. The lowest BCUT2D eigenvalue weighted by Gasteiger charge is -2.31. The fourth-order valence-electron chi connectivity index (χ4n) is 4.53. The van der Waals surface area contributed by atoms with Crippen LogP contribution in [0.2, 0.25) is 0 Å². The molecule has 1 atom stereocenters. The van der Waals surface area contributed by atoms with E-state index in [1.165, 1.54) is 0 Å². The first-order valence-corrected chi connectivity index (χ1v) is 11.9. The lowest BCUT2D eigenvalue weighted by molar-refractivity contribution is -0.153. The predicted octanol–water partition coefficient (Wildman–Crippen LogP) is 3.77. The zero-order valence-corrected chi connectivity index (χ0v) is 19.8. The Labute approximate surface area is 199 Å². The molecule has 8 heteroatoms. The Morgan fingerprint density at radius 1 is 1.15 bits per heavy atom. The zero-order valence-electron chi connectivity index (χ0n) is 19.8. The first kappa shape index (κ1) is 22.5. The van der Waals surface area contributed by atoms with Crippen LogP contribution < -0.4 is 10.5 Å². The molecule has 0 amide bonds. The maximum atomic E-state index is 12.7. The van der Waals surface area contributed by atoms with E-state index in [-0.39, 0.29) is 17.4 Å². The topological polar surface area (TPSA) is 103 Å². The fraction of sp³-hybridized carbons (Fsp3) is 0.462. The molecule has 0 bridgehead atoms. The monoisotopic (exact) mass is 461 g/mol. The van der Waals surface area contributed by atoms with Crippen LogP contribution in [0.3, 0.4) is 0 Å². The second kappa shape index (κ2) is 9.18. The van der Waals surface area contributed by atoms with Crippen molar-refractivity contribution in [2.75, 3.05) is 32.5 Å². The molecule has 1 unspecified atom stereocenters. The summed E-state index contributed by atoms with van der Waals surface area (Å²) in [7, 11) is 2.00. The third kappa shape index (κ3) is 4.68. The Kier molecular flexibility index (Phi) is 6.08. The van der Waals surface area contributed by atoms with Crippen molar-refractivity contribution in [3.8, 4) is 16.9 Å². The smallest absolute Gasteiger partial charge is 0.323 e. The molecule has 0 spiro atoms. The first-order valence-electron chi connectivity index (χ1n) is 11.9. The Balaban J connectivity index is 1.35. The van der Waals surface area contributed by atoms with Crippen LogP contribution in [0.25, 0.3) is 22.0 Å². The number of fused-ring (bicyclic) bond motifs is 1. The molecule has 3 heterocycles. The second-order valence-corrected chi connectivity index (χ2v) is 9.69. The van der Waals surface area contributed by atoms with Crippen molar-refractivity contribution >= 4 is 22.6 Å². The number of rotatable bonds is 7. The summed E-state index contributed by atoms with van der Waals surface area (Å²) in [6, 6.07) is 5.68. The number of aryl methyl sites for hydroxylation is 1. The minimum atomic E-state index is -0.153. The van der Waals surface area contributed by atoms with Crippen LogP contribution in [0.15, 0.2) is 36.8 Å². The number of hydrogen-bond acceptors (Lipinski definition) is 8. The molecular weight excluding hydrogens is 430 g/mol. The molecule has 1 saturated heterocycles. The van der Waals surface area contributed by atoms with Gasteiger partial charge in [0.05, 0.1) is 24.0 Å². The number of likely N-dealkylation sites (N-methyl/N-ethyl adjacent to an activating group) is 1. The average Bonchev–Trinajstić information content (AvgIpc) is 3.62. The molecule has 3 aromatic rings. The summed E-state index contributed by atoms with van der Waals surface area (Å²) >= 11 is 0. The second-order valence-electron chi connectivity index (χ2n) is 9.69. The Morgan fingerprint density at radius 2 is 1.94 bits per heavy atom. The number of hydrogen-bond donors (Lipinski definition) is 1. The van der Waals surface area contributed by atoms with Crippen molar-refractivity contribution in [1.82, 2.24) is 19.9 Å². The third-order valence-corrected chi connectivity index (χ3v) is 6.97. The van der Waals surface area contributed by atoms with Gasteiger partial charge in [0.1, 0.15) is 24.2 Å². The number of piperidine rings is 1. The Hall–Kier alpha value is -3.26. The molecule has 1 aliphatic carbocycles. The molecule has 1 aliphatic heterocycles. The van der Waals surface area contributed by atoms with Crippen molar-refractivity contribution in [2.24, 2.45) is 5.41 Å². The number of carbonyl (C=O) groups excluding carboxylic acids is 1. The molecule has 2 aliphatic rings. The van der Waals surface area contributed by atoms with E-state index in [2.05, 4.69) is 19.9 Å². The van der Waals surface area contributed by atoms with Crippen LogP contribution in [-0.2, 0) is 9.53 Å². The van der Waals surface area contributed by atoms with Gasteiger partial charge in [-0.25, -0.2) is 9.97 Å². The van der Waals surface area contributed by atoms with Gasteiger partial charge in [-0.1, -0.05) is 6.42 Å². The standard InChI is InChI=1S/C26H31N5O3/c1-17-28-12-18(13-29-17)20-6-7-22-21(11-19(27)14-30-22)24(20)33-15-26(8-9-26)16-34-25(32)23-5-3-4-10-31(23)2/h6-7,11-14,23H,3-5,8-10,15-16,27H2,1-2H3. The lowest BCUT2D eigenvalue weighted by atomic mass is 10.0. The van der Waals surface area contributed by atoms with Gasteiger partial charge in [-0.2, -0.15) is 0 Å². The van der Waals surface area contributed by atoms with Gasteiger partial charge >= 0.3 is 5.97 Å². The third-order valence-electron chi connectivity index (χ3n) is 6.97. The Morgan fingerprint density at radius 3 is 2.68 bits per heavy atom. The van der Waals surface area contributed by atoms with E-state index in [1.54, 1.807) is 18.6 Å². The number of carbonyl (C=O) groups is 1. The number of nitrogens with zero attached hydrogens (tertiary/aromatic N) is 4. The van der Waals surface area contributed by atoms with Crippen LogP contribution in [0.5, 0.6) is 5.75 Å². The molecule has 2 N–H and O–H groups in total. The van der Waals surface area contributed by atoms with Gasteiger partial charge in [0.2, 0.25) is 0 Å². The summed E-state index contributed by atoms with van der Waals surface area (Å²) in [4.78, 5) is 27.9. The fourth-order valence-corrected chi connectivity index (χ4v) is 4.53. The highest BCUT2D eigenvalue weighted by atomic mass is 16.5. The van der Waals surface area contributed by atoms with Crippen molar-refractivity contribution < 1.29 is 14.3 Å². The SMILES string of the molecule is Cc1ncc(-c2ccc3ncc(N)cc3c2OCC2(COC(=O)C3CCCCN3C)CC2)cn1. The maximum absolute atomic E-state index is 12.7. The average molecular weight is 462 g/mol. The van der Waals surface area contributed by atoms with Gasteiger partial charge in [-0.3, -0.25) is 14.7 Å². The Bertz CT molecular complexity index is 1190. The number of pyridine rings is 1. The van der Waals surface area contributed by atoms with Crippen LogP contribution in [0, 0.1) is 12.3 Å². The molecule has 2 fully saturated rings. The number of ether oxygens (including phenoxy) is 2. The molecule has 8 nitrogen and oxygen atoms in total. The van der Waals surface area contributed by atoms with Crippen molar-refractivity contribution in [2.45, 2.75) is 45.1 Å². The number of benzene rings is 1. The van der Waals surface area contributed by atoms with E-state index in [4.69, 9.17) is 15.2 Å². The minimum absolute atomic E-state index is 0.117. The number of aromatic nitrogens is 3.